The van der Waals surface area contributed by atoms with Crippen LogP contribution in [0.2, 0.25) is 0 Å². The van der Waals surface area contributed by atoms with Crippen molar-refractivity contribution >= 4 is 17.9 Å². The lowest BCUT2D eigenvalue weighted by molar-refractivity contribution is -0.166. The van der Waals surface area contributed by atoms with Gasteiger partial charge in [0.05, 0.1) is 6.42 Å². The first kappa shape index (κ1) is 52.3. The molecule has 316 valence electrons. The van der Waals surface area contributed by atoms with Crippen LogP contribution in [0.3, 0.4) is 0 Å². The number of ether oxygens (including phenoxy) is 3. The third kappa shape index (κ3) is 41.5. The van der Waals surface area contributed by atoms with Gasteiger partial charge >= 0.3 is 17.9 Å². The fourth-order valence-corrected chi connectivity index (χ4v) is 5.61. The van der Waals surface area contributed by atoms with E-state index in [1.165, 1.54) is 44.9 Å². The molecule has 0 aromatic rings. The Morgan fingerprint density at radius 2 is 0.839 bits per heavy atom. The molecular weight excluding hydrogens is 697 g/mol. The van der Waals surface area contributed by atoms with Crippen LogP contribution in [0.25, 0.3) is 0 Å². The van der Waals surface area contributed by atoms with E-state index in [0.29, 0.717) is 6.42 Å². The third-order valence-electron chi connectivity index (χ3n) is 8.93. The van der Waals surface area contributed by atoms with Crippen molar-refractivity contribution in [3.63, 3.8) is 0 Å². The molecule has 0 aromatic heterocycles. The molecule has 0 aliphatic carbocycles. The van der Waals surface area contributed by atoms with Gasteiger partial charge < -0.3 is 14.2 Å². The number of carbonyl (C=O) groups is 3. The van der Waals surface area contributed by atoms with Gasteiger partial charge in [0.2, 0.25) is 0 Å². The summed E-state index contributed by atoms with van der Waals surface area (Å²) < 4.78 is 16.5. The summed E-state index contributed by atoms with van der Waals surface area (Å²) in [6.07, 6.45) is 57.1. The zero-order chi connectivity index (χ0) is 40.8. The maximum absolute atomic E-state index is 12.7. The highest BCUT2D eigenvalue weighted by Gasteiger charge is 2.19. The standard InChI is InChI=1S/C50H80O6/c1-4-7-10-13-16-19-21-23-24-25-27-28-31-34-37-40-43-49(52)55-46-47(45-54-48(51)42-39-36-33-30-18-15-12-9-6-3)56-50(53)44-41-38-35-32-29-26-22-20-17-14-11-8-5-2/h8-9,11-12,14,17-18,20,22,24-25,27-28,30,36,39,47H,4-7,10,13,15-16,19,21,23,26,29,31-35,37-38,40-46H2,1-3H3/b11-8-,12-9-,17-14-,22-20-,25-24-,28-27-,30-18-,39-36-. The van der Waals surface area contributed by atoms with Gasteiger partial charge in [-0.1, -0.05) is 182 Å². The molecule has 0 saturated heterocycles. The van der Waals surface area contributed by atoms with Crippen molar-refractivity contribution in [3.8, 4) is 0 Å². The summed E-state index contributed by atoms with van der Waals surface area (Å²) in [5, 5.41) is 0. The van der Waals surface area contributed by atoms with Crippen molar-refractivity contribution in [2.45, 2.75) is 187 Å². The lowest BCUT2D eigenvalue weighted by Crippen LogP contribution is -2.30. The van der Waals surface area contributed by atoms with E-state index in [4.69, 9.17) is 14.2 Å². The molecule has 0 amide bonds. The van der Waals surface area contributed by atoms with E-state index in [0.717, 1.165) is 96.3 Å². The predicted octanol–water partition coefficient (Wildman–Crippen LogP) is 14.2. The Morgan fingerprint density at radius 1 is 0.411 bits per heavy atom. The van der Waals surface area contributed by atoms with Crippen molar-refractivity contribution in [1.82, 2.24) is 0 Å². The van der Waals surface area contributed by atoms with E-state index in [1.54, 1.807) is 6.08 Å². The molecule has 0 aliphatic rings. The molecule has 0 saturated carbocycles. The Hall–Kier alpha value is -3.67. The molecule has 1 atom stereocenters. The average molecular weight is 777 g/mol. The van der Waals surface area contributed by atoms with Crippen LogP contribution in [-0.4, -0.2) is 37.2 Å². The van der Waals surface area contributed by atoms with Crippen LogP contribution >= 0.6 is 0 Å². The summed E-state index contributed by atoms with van der Waals surface area (Å²) in [6, 6.07) is 0. The second-order valence-corrected chi connectivity index (χ2v) is 14.3. The summed E-state index contributed by atoms with van der Waals surface area (Å²) in [6.45, 7) is 6.21. The van der Waals surface area contributed by atoms with Gasteiger partial charge in [0, 0.05) is 12.8 Å². The molecule has 6 nitrogen and oxygen atoms in total. The molecule has 0 aromatic carbocycles. The van der Waals surface area contributed by atoms with E-state index in [1.807, 2.05) is 12.2 Å². The van der Waals surface area contributed by atoms with Gasteiger partial charge in [-0.25, -0.2) is 0 Å². The van der Waals surface area contributed by atoms with Crippen molar-refractivity contribution in [3.05, 3.63) is 97.2 Å². The molecule has 0 bridgehead atoms. The van der Waals surface area contributed by atoms with Crippen molar-refractivity contribution < 1.29 is 28.6 Å². The van der Waals surface area contributed by atoms with Gasteiger partial charge in [0.15, 0.2) is 6.10 Å². The lowest BCUT2D eigenvalue weighted by atomic mass is 10.1. The van der Waals surface area contributed by atoms with Gasteiger partial charge in [0.1, 0.15) is 13.2 Å². The summed E-state index contributed by atoms with van der Waals surface area (Å²) in [7, 11) is 0. The van der Waals surface area contributed by atoms with Gasteiger partial charge in [0.25, 0.3) is 0 Å². The van der Waals surface area contributed by atoms with Crippen LogP contribution in [0.15, 0.2) is 97.2 Å². The van der Waals surface area contributed by atoms with E-state index in [-0.39, 0.29) is 38.0 Å². The predicted molar refractivity (Wildman–Crippen MR) is 237 cm³/mol. The zero-order valence-electron chi connectivity index (χ0n) is 35.9. The van der Waals surface area contributed by atoms with E-state index in [9.17, 15) is 14.4 Å². The minimum atomic E-state index is -0.833. The minimum Gasteiger partial charge on any atom is -0.462 e. The molecule has 0 rings (SSSR count). The molecule has 0 spiro atoms. The second-order valence-electron chi connectivity index (χ2n) is 14.3. The lowest BCUT2D eigenvalue weighted by Gasteiger charge is -2.18. The van der Waals surface area contributed by atoms with Crippen LogP contribution in [0, 0.1) is 0 Å². The van der Waals surface area contributed by atoms with Crippen molar-refractivity contribution in [2.24, 2.45) is 0 Å². The molecule has 0 radical (unpaired) electrons. The topological polar surface area (TPSA) is 78.9 Å². The number of hydrogen-bond acceptors (Lipinski definition) is 6. The molecule has 0 fully saturated rings. The highest BCUT2D eigenvalue weighted by Crippen LogP contribution is 2.12. The molecule has 1 unspecified atom stereocenters. The van der Waals surface area contributed by atoms with Gasteiger partial charge in [-0.2, -0.15) is 0 Å². The van der Waals surface area contributed by atoms with Crippen LogP contribution in [0.1, 0.15) is 181 Å². The highest BCUT2D eigenvalue weighted by molar-refractivity contribution is 5.72. The molecule has 6 heteroatoms. The van der Waals surface area contributed by atoms with Gasteiger partial charge in [-0.3, -0.25) is 14.4 Å². The third-order valence-corrected chi connectivity index (χ3v) is 8.93. The van der Waals surface area contributed by atoms with Crippen molar-refractivity contribution in [2.75, 3.05) is 13.2 Å². The van der Waals surface area contributed by atoms with Crippen LogP contribution < -0.4 is 0 Å². The fraction of sp³-hybridized carbons (Fsp3) is 0.620. The summed E-state index contributed by atoms with van der Waals surface area (Å²) in [5.74, 6) is -1.11. The molecule has 56 heavy (non-hydrogen) atoms. The largest absolute Gasteiger partial charge is 0.462 e. The summed E-state index contributed by atoms with van der Waals surface area (Å²) in [5.41, 5.74) is 0. The Labute approximate surface area is 343 Å². The average Bonchev–Trinajstić information content (AvgIpc) is 3.19. The Morgan fingerprint density at radius 3 is 1.41 bits per heavy atom. The first-order valence-corrected chi connectivity index (χ1v) is 22.3. The van der Waals surface area contributed by atoms with E-state index < -0.39 is 12.1 Å². The SMILES string of the molecule is CC\C=C/C=C\C=C/CCCCCCCC(=O)OC(COC(=O)C/C=C\C/C=C\C/C=C\CC)COC(=O)CCCCC/C=C\C=C/CCCCCCCCC. The fourth-order valence-electron chi connectivity index (χ4n) is 5.61. The molecule has 0 N–H and O–H groups in total. The Kier molecular flexibility index (Phi) is 41.2. The maximum Gasteiger partial charge on any atom is 0.309 e. The number of unbranched alkanes of at least 4 members (excludes halogenated alkanes) is 15. The molecule has 0 aliphatic heterocycles. The quantitative estimate of drug-likeness (QED) is 0.0204. The number of carbonyl (C=O) groups excluding carboxylic acids is 3. The van der Waals surface area contributed by atoms with Crippen LogP contribution in [-0.2, 0) is 28.6 Å². The normalized spacial score (nSPS) is 13.0. The van der Waals surface area contributed by atoms with Gasteiger partial charge in [-0.05, 0) is 77.0 Å². The monoisotopic (exact) mass is 777 g/mol. The summed E-state index contributed by atoms with van der Waals surface area (Å²) >= 11 is 0. The first-order valence-electron chi connectivity index (χ1n) is 22.3. The first-order chi connectivity index (χ1) is 27.5. The number of hydrogen-bond donors (Lipinski definition) is 0. The number of allylic oxidation sites excluding steroid dienone is 15. The minimum absolute atomic E-state index is 0.123. The second kappa shape index (κ2) is 44.0. The van der Waals surface area contributed by atoms with Crippen LogP contribution in [0.5, 0.6) is 0 Å². The van der Waals surface area contributed by atoms with Gasteiger partial charge in [-0.15, -0.1) is 0 Å². The van der Waals surface area contributed by atoms with E-state index >= 15 is 0 Å². The highest BCUT2D eigenvalue weighted by atomic mass is 16.6. The Balaban J connectivity index is 4.51. The number of rotatable bonds is 38. The van der Waals surface area contributed by atoms with E-state index in [2.05, 4.69) is 99.8 Å². The Bertz CT molecular complexity index is 1170. The summed E-state index contributed by atoms with van der Waals surface area (Å²) in [4.78, 5) is 37.6. The molecule has 0 heterocycles. The molecular formula is C50H80O6. The maximum atomic E-state index is 12.7. The zero-order valence-corrected chi connectivity index (χ0v) is 35.9. The van der Waals surface area contributed by atoms with Crippen molar-refractivity contribution in [1.29, 1.82) is 0 Å². The van der Waals surface area contributed by atoms with Crippen LogP contribution in [0.4, 0.5) is 0 Å². The number of esters is 3. The smallest absolute Gasteiger partial charge is 0.309 e.